The number of aliphatic hydroxyl groups excluding tert-OH is 1. The first kappa shape index (κ1) is 12.6. The first-order valence-electron chi connectivity index (χ1n) is 6.93. The third-order valence-electron chi connectivity index (χ3n) is 4.57. The summed E-state index contributed by atoms with van der Waals surface area (Å²) in [4.78, 5) is 13.7. The monoisotopic (exact) mass is 260 g/mol. The second kappa shape index (κ2) is 4.94. The van der Waals surface area contributed by atoms with Crippen LogP contribution in [0.25, 0.3) is 0 Å². The molecule has 1 saturated heterocycles. The summed E-state index contributed by atoms with van der Waals surface area (Å²) in [6.07, 6.45) is 1.93. The lowest BCUT2D eigenvalue weighted by Gasteiger charge is -2.19. The standard InChI is InChI=1S/C15H20N2O2/c16-15(19)12-4-2-1-3-10(12)7-17-8-11-5-6-14(18)13(11)9-17/h1-4,11,13-14,18H,5-9H2,(H2,16,19). The van der Waals surface area contributed by atoms with E-state index in [9.17, 15) is 9.90 Å². The van der Waals surface area contributed by atoms with Gasteiger partial charge in [-0.2, -0.15) is 0 Å². The van der Waals surface area contributed by atoms with E-state index in [1.165, 1.54) is 0 Å². The Kier molecular flexibility index (Phi) is 3.29. The van der Waals surface area contributed by atoms with Crippen LogP contribution in [0.4, 0.5) is 0 Å². The topological polar surface area (TPSA) is 66.6 Å². The summed E-state index contributed by atoms with van der Waals surface area (Å²) in [7, 11) is 0. The highest BCUT2D eigenvalue weighted by atomic mass is 16.3. The largest absolute Gasteiger partial charge is 0.393 e. The molecule has 4 heteroatoms. The van der Waals surface area contributed by atoms with Crippen LogP contribution >= 0.6 is 0 Å². The molecule has 4 nitrogen and oxygen atoms in total. The highest BCUT2D eigenvalue weighted by Gasteiger charge is 2.41. The average molecular weight is 260 g/mol. The fourth-order valence-corrected chi connectivity index (χ4v) is 3.60. The van der Waals surface area contributed by atoms with Gasteiger partial charge in [-0.25, -0.2) is 0 Å². The molecule has 1 saturated carbocycles. The minimum Gasteiger partial charge on any atom is -0.393 e. The van der Waals surface area contributed by atoms with Gasteiger partial charge in [-0.05, 0) is 30.4 Å². The number of carbonyl (C=O) groups is 1. The summed E-state index contributed by atoms with van der Waals surface area (Å²) in [6, 6.07) is 7.52. The first-order chi connectivity index (χ1) is 9.15. The summed E-state index contributed by atoms with van der Waals surface area (Å²) in [6.45, 7) is 2.70. The van der Waals surface area contributed by atoms with Crippen molar-refractivity contribution in [1.29, 1.82) is 0 Å². The van der Waals surface area contributed by atoms with Crippen LogP contribution in [-0.4, -0.2) is 35.1 Å². The van der Waals surface area contributed by atoms with E-state index in [2.05, 4.69) is 4.90 Å². The van der Waals surface area contributed by atoms with Gasteiger partial charge in [0.25, 0.3) is 0 Å². The number of fused-ring (bicyclic) bond motifs is 1. The number of rotatable bonds is 3. The minimum absolute atomic E-state index is 0.138. The second-order valence-corrected chi connectivity index (χ2v) is 5.78. The van der Waals surface area contributed by atoms with Crippen molar-refractivity contribution in [3.8, 4) is 0 Å². The number of hydrogen-bond donors (Lipinski definition) is 2. The van der Waals surface area contributed by atoms with E-state index in [4.69, 9.17) is 5.73 Å². The molecule has 1 heterocycles. The highest BCUT2D eigenvalue weighted by molar-refractivity contribution is 5.94. The molecule has 1 amide bonds. The normalized spacial score (nSPS) is 30.5. The Morgan fingerprint density at radius 3 is 2.84 bits per heavy atom. The molecule has 1 aromatic carbocycles. The molecule has 1 aromatic rings. The van der Waals surface area contributed by atoms with E-state index in [1.807, 2.05) is 18.2 Å². The van der Waals surface area contributed by atoms with Crippen molar-refractivity contribution >= 4 is 5.91 Å². The van der Waals surface area contributed by atoms with Crippen molar-refractivity contribution in [3.05, 3.63) is 35.4 Å². The summed E-state index contributed by atoms with van der Waals surface area (Å²) in [5, 5.41) is 9.93. The van der Waals surface area contributed by atoms with Crippen LogP contribution in [0, 0.1) is 11.8 Å². The number of hydrogen-bond acceptors (Lipinski definition) is 3. The van der Waals surface area contributed by atoms with Crippen LogP contribution < -0.4 is 5.73 Å². The number of carbonyl (C=O) groups excluding carboxylic acids is 1. The maximum atomic E-state index is 11.4. The van der Waals surface area contributed by atoms with Gasteiger partial charge in [0.1, 0.15) is 0 Å². The van der Waals surface area contributed by atoms with Crippen molar-refractivity contribution in [3.63, 3.8) is 0 Å². The van der Waals surface area contributed by atoms with Gasteiger partial charge in [0, 0.05) is 31.1 Å². The number of nitrogens with two attached hydrogens (primary N) is 1. The molecule has 3 rings (SSSR count). The van der Waals surface area contributed by atoms with Gasteiger partial charge >= 0.3 is 0 Å². The van der Waals surface area contributed by atoms with Gasteiger partial charge in [-0.15, -0.1) is 0 Å². The summed E-state index contributed by atoms with van der Waals surface area (Å²) in [5.74, 6) is 0.673. The Morgan fingerprint density at radius 1 is 1.32 bits per heavy atom. The third-order valence-corrected chi connectivity index (χ3v) is 4.57. The molecule has 3 unspecified atom stereocenters. The number of aliphatic hydroxyl groups is 1. The van der Waals surface area contributed by atoms with Crippen molar-refractivity contribution in [2.45, 2.75) is 25.5 Å². The molecule has 2 aliphatic rings. The molecule has 2 fully saturated rings. The Hall–Kier alpha value is -1.39. The fourth-order valence-electron chi connectivity index (χ4n) is 3.60. The number of primary amides is 1. The zero-order valence-electron chi connectivity index (χ0n) is 11.0. The molecule has 3 N–H and O–H groups in total. The predicted molar refractivity (Wildman–Crippen MR) is 72.5 cm³/mol. The molecule has 0 spiro atoms. The van der Waals surface area contributed by atoms with Crippen LogP contribution in [0.1, 0.15) is 28.8 Å². The quantitative estimate of drug-likeness (QED) is 0.851. The molecule has 0 bridgehead atoms. The van der Waals surface area contributed by atoms with Crippen LogP contribution in [0.5, 0.6) is 0 Å². The maximum Gasteiger partial charge on any atom is 0.249 e. The lowest BCUT2D eigenvalue weighted by atomic mass is 10.00. The van der Waals surface area contributed by atoms with Gasteiger partial charge < -0.3 is 10.8 Å². The van der Waals surface area contributed by atoms with Crippen LogP contribution in [0.15, 0.2) is 24.3 Å². The van der Waals surface area contributed by atoms with E-state index in [1.54, 1.807) is 6.07 Å². The number of nitrogens with zero attached hydrogens (tertiary/aromatic N) is 1. The number of likely N-dealkylation sites (tertiary alicyclic amines) is 1. The summed E-state index contributed by atoms with van der Waals surface area (Å²) >= 11 is 0. The Labute approximate surface area is 113 Å². The molecule has 0 aromatic heterocycles. The van der Waals surface area contributed by atoms with E-state index in [-0.39, 0.29) is 12.0 Å². The molecule has 19 heavy (non-hydrogen) atoms. The number of amides is 1. The lowest BCUT2D eigenvalue weighted by molar-refractivity contribution is 0.0997. The van der Waals surface area contributed by atoms with Crippen molar-refractivity contribution in [1.82, 2.24) is 4.90 Å². The Balaban J connectivity index is 1.72. The van der Waals surface area contributed by atoms with Gasteiger partial charge in [0.05, 0.1) is 6.10 Å². The second-order valence-electron chi connectivity index (χ2n) is 5.78. The molecule has 1 aliphatic heterocycles. The molecule has 1 aliphatic carbocycles. The molecular formula is C15H20N2O2. The van der Waals surface area contributed by atoms with E-state index in [0.29, 0.717) is 17.4 Å². The lowest BCUT2D eigenvalue weighted by Crippen LogP contribution is -2.26. The minimum atomic E-state index is -0.366. The van der Waals surface area contributed by atoms with E-state index >= 15 is 0 Å². The highest BCUT2D eigenvalue weighted by Crippen LogP contribution is 2.38. The summed E-state index contributed by atoms with van der Waals surface area (Å²) in [5.41, 5.74) is 7.01. The van der Waals surface area contributed by atoms with Crippen LogP contribution in [-0.2, 0) is 6.54 Å². The number of benzene rings is 1. The Bertz CT molecular complexity index is 489. The summed E-state index contributed by atoms with van der Waals surface area (Å²) < 4.78 is 0. The van der Waals surface area contributed by atoms with Crippen molar-refractivity contribution in [2.24, 2.45) is 17.6 Å². The smallest absolute Gasteiger partial charge is 0.249 e. The van der Waals surface area contributed by atoms with Crippen LogP contribution in [0.2, 0.25) is 0 Å². The molecule has 0 radical (unpaired) electrons. The average Bonchev–Trinajstić information content (AvgIpc) is 2.92. The van der Waals surface area contributed by atoms with Gasteiger partial charge in [0.15, 0.2) is 0 Å². The van der Waals surface area contributed by atoms with Gasteiger partial charge in [-0.3, -0.25) is 9.69 Å². The molecule has 3 atom stereocenters. The third kappa shape index (κ3) is 2.38. The van der Waals surface area contributed by atoms with E-state index in [0.717, 1.165) is 38.0 Å². The fraction of sp³-hybridized carbons (Fsp3) is 0.533. The first-order valence-corrected chi connectivity index (χ1v) is 6.93. The Morgan fingerprint density at radius 2 is 2.11 bits per heavy atom. The van der Waals surface area contributed by atoms with Crippen molar-refractivity contribution < 1.29 is 9.90 Å². The predicted octanol–water partition coefficient (Wildman–Crippen LogP) is 0.988. The SMILES string of the molecule is NC(=O)c1ccccc1CN1CC2CCC(O)C2C1. The zero-order chi connectivity index (χ0) is 13.4. The van der Waals surface area contributed by atoms with Gasteiger partial charge in [-0.1, -0.05) is 18.2 Å². The zero-order valence-corrected chi connectivity index (χ0v) is 11.0. The molecular weight excluding hydrogens is 240 g/mol. The van der Waals surface area contributed by atoms with Crippen LogP contribution in [0.3, 0.4) is 0 Å². The molecule has 102 valence electrons. The van der Waals surface area contributed by atoms with E-state index < -0.39 is 0 Å². The van der Waals surface area contributed by atoms with Gasteiger partial charge in [0.2, 0.25) is 5.91 Å². The van der Waals surface area contributed by atoms with Crippen molar-refractivity contribution in [2.75, 3.05) is 13.1 Å². The maximum absolute atomic E-state index is 11.4.